The summed E-state index contributed by atoms with van der Waals surface area (Å²) in [5, 5.41) is 0. The Bertz CT molecular complexity index is 785. The predicted molar refractivity (Wildman–Crippen MR) is 87.3 cm³/mol. The van der Waals surface area contributed by atoms with Crippen molar-refractivity contribution in [2.45, 2.75) is 6.92 Å². The van der Waals surface area contributed by atoms with Crippen LogP contribution in [-0.4, -0.2) is 5.78 Å². The van der Waals surface area contributed by atoms with E-state index in [0.717, 1.165) is 22.3 Å². The maximum Gasteiger partial charge on any atom is 0.159 e. The highest BCUT2D eigenvalue weighted by atomic mass is 19.1. The zero-order valence-electron chi connectivity index (χ0n) is 12.2. The van der Waals surface area contributed by atoms with Gasteiger partial charge in [-0.15, -0.1) is 0 Å². The SMILES string of the molecule is CC(=O)c1ccc(-c2ccc(-c3ccc(F)cc3)cc2)cc1. The minimum atomic E-state index is -0.231. The van der Waals surface area contributed by atoms with Crippen molar-refractivity contribution in [3.63, 3.8) is 0 Å². The van der Waals surface area contributed by atoms with Crippen LogP contribution in [0.2, 0.25) is 0 Å². The van der Waals surface area contributed by atoms with Crippen molar-refractivity contribution in [1.82, 2.24) is 0 Å². The molecule has 3 aromatic rings. The van der Waals surface area contributed by atoms with Gasteiger partial charge in [0.25, 0.3) is 0 Å². The lowest BCUT2D eigenvalue weighted by atomic mass is 9.99. The summed E-state index contributed by atoms with van der Waals surface area (Å²) in [6.45, 7) is 1.56. The Morgan fingerprint density at radius 2 is 0.955 bits per heavy atom. The first-order valence-electron chi connectivity index (χ1n) is 7.11. The van der Waals surface area contributed by atoms with Crippen LogP contribution < -0.4 is 0 Å². The van der Waals surface area contributed by atoms with Gasteiger partial charge in [-0.3, -0.25) is 4.79 Å². The third-order valence-corrected chi connectivity index (χ3v) is 3.69. The number of carbonyl (C=O) groups is 1. The first kappa shape index (κ1) is 14.2. The van der Waals surface area contributed by atoms with Crippen molar-refractivity contribution in [3.05, 3.63) is 84.2 Å². The molecule has 0 aromatic heterocycles. The van der Waals surface area contributed by atoms with Gasteiger partial charge in [0.2, 0.25) is 0 Å². The second kappa shape index (κ2) is 5.94. The minimum absolute atomic E-state index is 0.0678. The number of ketones is 1. The molecule has 0 spiro atoms. The van der Waals surface area contributed by atoms with Gasteiger partial charge in [0.15, 0.2) is 5.78 Å². The first-order chi connectivity index (χ1) is 10.6. The van der Waals surface area contributed by atoms with Gasteiger partial charge < -0.3 is 0 Å². The van der Waals surface area contributed by atoms with E-state index in [1.807, 2.05) is 48.5 Å². The molecule has 3 rings (SSSR count). The minimum Gasteiger partial charge on any atom is -0.295 e. The smallest absolute Gasteiger partial charge is 0.159 e. The molecule has 108 valence electrons. The van der Waals surface area contributed by atoms with Crippen molar-refractivity contribution in [3.8, 4) is 22.3 Å². The van der Waals surface area contributed by atoms with Crippen molar-refractivity contribution in [2.24, 2.45) is 0 Å². The van der Waals surface area contributed by atoms with Crippen LogP contribution in [0.25, 0.3) is 22.3 Å². The lowest BCUT2D eigenvalue weighted by molar-refractivity contribution is 0.101. The number of Topliss-reactive ketones (excluding diaryl/α,β-unsaturated/α-hetero) is 1. The summed E-state index contributed by atoms with van der Waals surface area (Å²) in [7, 11) is 0. The molecular formula is C20H15FO. The molecule has 2 heteroatoms. The molecule has 0 amide bonds. The van der Waals surface area contributed by atoms with Crippen molar-refractivity contribution in [1.29, 1.82) is 0 Å². The summed E-state index contributed by atoms with van der Waals surface area (Å²) in [6.07, 6.45) is 0. The van der Waals surface area contributed by atoms with E-state index in [1.54, 1.807) is 19.1 Å². The van der Waals surface area contributed by atoms with Gasteiger partial charge in [-0.2, -0.15) is 0 Å². The van der Waals surface area contributed by atoms with Crippen LogP contribution in [0.4, 0.5) is 4.39 Å². The summed E-state index contributed by atoms with van der Waals surface area (Å²) in [5.74, 6) is -0.163. The third kappa shape index (κ3) is 2.96. The fourth-order valence-electron chi connectivity index (χ4n) is 2.39. The highest BCUT2D eigenvalue weighted by Crippen LogP contribution is 2.25. The number of hydrogen-bond acceptors (Lipinski definition) is 1. The monoisotopic (exact) mass is 290 g/mol. The van der Waals surface area contributed by atoms with Crippen molar-refractivity contribution in [2.75, 3.05) is 0 Å². The van der Waals surface area contributed by atoms with Gasteiger partial charge in [0.1, 0.15) is 5.82 Å². The molecule has 0 radical (unpaired) electrons. The van der Waals surface area contributed by atoms with E-state index >= 15 is 0 Å². The maximum absolute atomic E-state index is 13.0. The molecule has 0 atom stereocenters. The van der Waals surface area contributed by atoms with Gasteiger partial charge in [0.05, 0.1) is 0 Å². The van der Waals surface area contributed by atoms with Crippen LogP contribution in [0.1, 0.15) is 17.3 Å². The average Bonchev–Trinajstić information content (AvgIpc) is 2.56. The fraction of sp³-hybridized carbons (Fsp3) is 0.0500. The van der Waals surface area contributed by atoms with E-state index in [1.165, 1.54) is 12.1 Å². The van der Waals surface area contributed by atoms with E-state index in [9.17, 15) is 9.18 Å². The molecule has 0 aliphatic carbocycles. The normalized spacial score (nSPS) is 10.5. The molecule has 22 heavy (non-hydrogen) atoms. The lowest BCUT2D eigenvalue weighted by Crippen LogP contribution is -1.90. The highest BCUT2D eigenvalue weighted by molar-refractivity contribution is 5.94. The Labute approximate surface area is 129 Å². The van der Waals surface area contributed by atoms with E-state index < -0.39 is 0 Å². The van der Waals surface area contributed by atoms with E-state index in [0.29, 0.717) is 5.56 Å². The standard InChI is InChI=1S/C20H15FO/c1-14(22)15-2-4-16(5-3-15)17-6-8-18(9-7-17)19-10-12-20(21)13-11-19/h2-13H,1H3. The molecule has 0 unspecified atom stereocenters. The summed E-state index contributed by atoms with van der Waals surface area (Å²) >= 11 is 0. The molecule has 0 fully saturated rings. The summed E-state index contributed by atoms with van der Waals surface area (Å²) in [4.78, 5) is 11.3. The Kier molecular flexibility index (Phi) is 3.84. The molecule has 0 bridgehead atoms. The lowest BCUT2D eigenvalue weighted by Gasteiger charge is -2.06. The summed E-state index contributed by atoms with van der Waals surface area (Å²) in [6, 6.07) is 22.1. The van der Waals surface area contributed by atoms with Crippen LogP contribution >= 0.6 is 0 Å². The Hall–Kier alpha value is -2.74. The summed E-state index contributed by atoms with van der Waals surface area (Å²) in [5.41, 5.74) is 4.90. The fourth-order valence-corrected chi connectivity index (χ4v) is 2.39. The first-order valence-corrected chi connectivity index (χ1v) is 7.11. The van der Waals surface area contributed by atoms with Crippen LogP contribution in [-0.2, 0) is 0 Å². The molecule has 1 nitrogen and oxygen atoms in total. The largest absolute Gasteiger partial charge is 0.295 e. The molecule has 0 heterocycles. The highest BCUT2D eigenvalue weighted by Gasteiger charge is 2.03. The van der Waals surface area contributed by atoms with E-state index in [4.69, 9.17) is 0 Å². The predicted octanol–water partition coefficient (Wildman–Crippen LogP) is 5.36. The van der Waals surface area contributed by atoms with E-state index in [-0.39, 0.29) is 11.6 Å². The van der Waals surface area contributed by atoms with Gasteiger partial charge in [-0.25, -0.2) is 4.39 Å². The number of benzene rings is 3. The number of hydrogen-bond donors (Lipinski definition) is 0. The Morgan fingerprint density at radius 3 is 1.32 bits per heavy atom. The van der Waals surface area contributed by atoms with Gasteiger partial charge in [-0.05, 0) is 41.3 Å². The van der Waals surface area contributed by atoms with Crippen LogP contribution in [0.15, 0.2) is 72.8 Å². The zero-order chi connectivity index (χ0) is 15.5. The van der Waals surface area contributed by atoms with Crippen molar-refractivity contribution >= 4 is 5.78 Å². The Balaban J connectivity index is 1.87. The quantitative estimate of drug-likeness (QED) is 0.593. The number of halogens is 1. The Morgan fingerprint density at radius 1 is 0.636 bits per heavy atom. The van der Waals surface area contributed by atoms with Crippen LogP contribution in [0.3, 0.4) is 0 Å². The molecule has 0 N–H and O–H groups in total. The number of carbonyl (C=O) groups excluding carboxylic acids is 1. The second-order valence-corrected chi connectivity index (χ2v) is 5.22. The van der Waals surface area contributed by atoms with Crippen LogP contribution in [0, 0.1) is 5.82 Å². The van der Waals surface area contributed by atoms with Crippen molar-refractivity contribution < 1.29 is 9.18 Å². The molecule has 0 saturated heterocycles. The van der Waals surface area contributed by atoms with Crippen LogP contribution in [0.5, 0.6) is 0 Å². The van der Waals surface area contributed by atoms with Gasteiger partial charge >= 0.3 is 0 Å². The molecular weight excluding hydrogens is 275 g/mol. The summed E-state index contributed by atoms with van der Waals surface area (Å²) < 4.78 is 13.0. The second-order valence-electron chi connectivity index (χ2n) is 5.22. The number of rotatable bonds is 3. The molecule has 0 aliphatic rings. The van der Waals surface area contributed by atoms with Gasteiger partial charge in [-0.1, -0.05) is 60.7 Å². The molecule has 0 saturated carbocycles. The molecule has 0 aliphatic heterocycles. The maximum atomic E-state index is 13.0. The topological polar surface area (TPSA) is 17.1 Å². The third-order valence-electron chi connectivity index (χ3n) is 3.69. The average molecular weight is 290 g/mol. The van der Waals surface area contributed by atoms with Gasteiger partial charge in [0, 0.05) is 5.56 Å². The zero-order valence-corrected chi connectivity index (χ0v) is 12.2. The molecule has 3 aromatic carbocycles. The van der Waals surface area contributed by atoms with E-state index in [2.05, 4.69) is 0 Å².